The van der Waals surface area contributed by atoms with Crippen LogP contribution in [0.3, 0.4) is 0 Å². The molecule has 2 aliphatic rings. The fraction of sp³-hybridized carbons (Fsp3) is 0.778. The molecule has 1 aromatic heterocycles. The Bertz CT molecular complexity index is 549. The van der Waals surface area contributed by atoms with Crippen LogP contribution in [0.2, 0.25) is 0 Å². The lowest BCUT2D eigenvalue weighted by Crippen LogP contribution is -2.40. The molecule has 2 fully saturated rings. The van der Waals surface area contributed by atoms with Crippen molar-refractivity contribution in [2.75, 3.05) is 26.2 Å². The number of nitrogens with one attached hydrogen (secondary N) is 2. The number of hydrogen-bond donors (Lipinski definition) is 2. The molecule has 2 N–H and O–H groups in total. The highest BCUT2D eigenvalue weighted by molar-refractivity contribution is 7.09. The van der Waals surface area contributed by atoms with Crippen molar-refractivity contribution in [2.45, 2.75) is 58.5 Å². The van der Waals surface area contributed by atoms with Gasteiger partial charge in [0, 0.05) is 31.1 Å². The number of likely N-dealkylation sites (tertiary alicyclic amines) is 1. The summed E-state index contributed by atoms with van der Waals surface area (Å²) in [6.07, 6.45) is 4.14. The maximum Gasteiger partial charge on any atom is 0.191 e. The Labute approximate surface area is 150 Å². The number of nitrogens with zero attached hydrogens (tertiary/aromatic N) is 3. The minimum atomic E-state index is 0.488. The van der Waals surface area contributed by atoms with Crippen LogP contribution in [-0.4, -0.2) is 48.1 Å². The van der Waals surface area contributed by atoms with E-state index in [2.05, 4.69) is 46.7 Å². The third kappa shape index (κ3) is 4.93. The number of rotatable bonds is 7. The molecular weight excluding hydrogens is 318 g/mol. The van der Waals surface area contributed by atoms with Gasteiger partial charge in [-0.1, -0.05) is 13.8 Å². The molecule has 5 nitrogen and oxygen atoms in total. The van der Waals surface area contributed by atoms with Crippen molar-refractivity contribution in [1.82, 2.24) is 20.5 Å². The summed E-state index contributed by atoms with van der Waals surface area (Å²) >= 11 is 1.71. The molecule has 1 aliphatic carbocycles. The van der Waals surface area contributed by atoms with E-state index in [9.17, 15) is 0 Å². The molecule has 1 unspecified atom stereocenters. The van der Waals surface area contributed by atoms with E-state index < -0.39 is 0 Å². The van der Waals surface area contributed by atoms with Gasteiger partial charge >= 0.3 is 0 Å². The summed E-state index contributed by atoms with van der Waals surface area (Å²) in [6.45, 7) is 11.6. The molecule has 0 aromatic carbocycles. The standard InChI is InChI=1S/C18H31N5S/c1-4-19-18(21-10-17-22-16(12-24-17)13(2)3)20-9-14-7-8-23(11-14)15-5-6-15/h12-15H,4-11H2,1-3H3,(H2,19,20,21). The number of hydrogen-bond acceptors (Lipinski definition) is 4. The summed E-state index contributed by atoms with van der Waals surface area (Å²) in [6, 6.07) is 0.900. The van der Waals surface area contributed by atoms with Gasteiger partial charge in [0.15, 0.2) is 5.96 Å². The van der Waals surface area contributed by atoms with Crippen LogP contribution in [-0.2, 0) is 6.54 Å². The van der Waals surface area contributed by atoms with Crippen LogP contribution in [0.4, 0.5) is 0 Å². The van der Waals surface area contributed by atoms with Crippen LogP contribution in [0, 0.1) is 5.92 Å². The normalized spacial score (nSPS) is 22.3. The van der Waals surface area contributed by atoms with Crippen molar-refractivity contribution in [1.29, 1.82) is 0 Å². The molecule has 1 aromatic rings. The monoisotopic (exact) mass is 349 g/mol. The predicted molar refractivity (Wildman–Crippen MR) is 102 cm³/mol. The Balaban J connectivity index is 1.47. The van der Waals surface area contributed by atoms with Crippen molar-refractivity contribution >= 4 is 17.3 Å². The highest BCUT2D eigenvalue weighted by Crippen LogP contribution is 2.31. The first-order valence-electron chi connectivity index (χ1n) is 9.36. The van der Waals surface area contributed by atoms with E-state index in [1.807, 2.05) is 0 Å². The minimum absolute atomic E-state index is 0.488. The van der Waals surface area contributed by atoms with Gasteiger partial charge in [0.2, 0.25) is 0 Å². The molecule has 1 atom stereocenters. The van der Waals surface area contributed by atoms with Gasteiger partial charge in [0.25, 0.3) is 0 Å². The summed E-state index contributed by atoms with van der Waals surface area (Å²) in [7, 11) is 0. The SMILES string of the molecule is CCNC(=NCc1nc(C(C)C)cs1)NCC1CCN(C2CC2)C1. The van der Waals surface area contributed by atoms with Gasteiger partial charge in [-0.2, -0.15) is 0 Å². The molecule has 2 heterocycles. The molecule has 1 saturated carbocycles. The second-order valence-electron chi connectivity index (χ2n) is 7.28. The van der Waals surface area contributed by atoms with Gasteiger partial charge in [0.1, 0.15) is 5.01 Å². The summed E-state index contributed by atoms with van der Waals surface area (Å²) in [5.41, 5.74) is 1.18. The fourth-order valence-corrected chi connectivity index (χ4v) is 4.07. The molecular formula is C18H31N5S. The molecule has 6 heteroatoms. The molecule has 0 radical (unpaired) electrons. The topological polar surface area (TPSA) is 52.6 Å². The van der Waals surface area contributed by atoms with Crippen LogP contribution < -0.4 is 10.6 Å². The smallest absolute Gasteiger partial charge is 0.191 e. The van der Waals surface area contributed by atoms with Gasteiger partial charge in [-0.15, -0.1) is 11.3 Å². The van der Waals surface area contributed by atoms with Gasteiger partial charge in [-0.3, -0.25) is 0 Å². The number of guanidine groups is 1. The zero-order chi connectivity index (χ0) is 16.9. The van der Waals surface area contributed by atoms with Crippen molar-refractivity contribution in [3.8, 4) is 0 Å². The maximum atomic E-state index is 4.71. The molecule has 24 heavy (non-hydrogen) atoms. The highest BCUT2D eigenvalue weighted by atomic mass is 32.1. The number of aliphatic imine (C=N–C) groups is 1. The summed E-state index contributed by atoms with van der Waals surface area (Å²) < 4.78 is 0. The van der Waals surface area contributed by atoms with E-state index in [1.54, 1.807) is 11.3 Å². The first kappa shape index (κ1) is 17.7. The lowest BCUT2D eigenvalue weighted by Gasteiger charge is -2.16. The van der Waals surface area contributed by atoms with Crippen molar-refractivity contribution < 1.29 is 0 Å². The molecule has 134 valence electrons. The van der Waals surface area contributed by atoms with E-state index in [0.29, 0.717) is 12.5 Å². The van der Waals surface area contributed by atoms with Crippen LogP contribution in [0.15, 0.2) is 10.4 Å². The largest absolute Gasteiger partial charge is 0.357 e. The summed E-state index contributed by atoms with van der Waals surface area (Å²) in [5, 5.41) is 10.1. The van der Waals surface area contributed by atoms with E-state index in [4.69, 9.17) is 4.99 Å². The Morgan fingerprint density at radius 2 is 2.21 bits per heavy atom. The molecule has 1 saturated heterocycles. The van der Waals surface area contributed by atoms with Crippen LogP contribution >= 0.6 is 11.3 Å². The van der Waals surface area contributed by atoms with Gasteiger partial charge < -0.3 is 15.5 Å². The Kier molecular flexibility index (Phi) is 6.11. The Hall–Kier alpha value is -1.14. The van der Waals surface area contributed by atoms with E-state index in [-0.39, 0.29) is 0 Å². The molecule has 3 rings (SSSR count). The highest BCUT2D eigenvalue weighted by Gasteiger charge is 2.34. The predicted octanol–water partition coefficient (Wildman–Crippen LogP) is 2.81. The quantitative estimate of drug-likeness (QED) is 0.587. The number of aromatic nitrogens is 1. The molecule has 1 aliphatic heterocycles. The second-order valence-corrected chi connectivity index (χ2v) is 8.22. The average Bonchev–Trinajstić information content (AvgIpc) is 3.12. The van der Waals surface area contributed by atoms with Crippen molar-refractivity contribution in [3.05, 3.63) is 16.1 Å². The zero-order valence-electron chi connectivity index (χ0n) is 15.2. The van der Waals surface area contributed by atoms with Gasteiger partial charge in [0.05, 0.1) is 12.2 Å². The van der Waals surface area contributed by atoms with Crippen LogP contribution in [0.25, 0.3) is 0 Å². The van der Waals surface area contributed by atoms with Crippen molar-refractivity contribution in [2.24, 2.45) is 10.9 Å². The summed E-state index contributed by atoms with van der Waals surface area (Å²) in [5.74, 6) is 2.16. The van der Waals surface area contributed by atoms with Crippen molar-refractivity contribution in [3.63, 3.8) is 0 Å². The minimum Gasteiger partial charge on any atom is -0.357 e. The first-order chi connectivity index (χ1) is 11.7. The molecule has 0 amide bonds. The summed E-state index contributed by atoms with van der Waals surface area (Å²) in [4.78, 5) is 12.0. The Morgan fingerprint density at radius 1 is 1.38 bits per heavy atom. The van der Waals surface area contributed by atoms with E-state index in [0.717, 1.165) is 36.0 Å². The third-order valence-electron chi connectivity index (χ3n) is 4.82. The average molecular weight is 350 g/mol. The van der Waals surface area contributed by atoms with Gasteiger partial charge in [-0.05, 0) is 44.6 Å². The Morgan fingerprint density at radius 3 is 2.88 bits per heavy atom. The van der Waals surface area contributed by atoms with Crippen LogP contribution in [0.5, 0.6) is 0 Å². The third-order valence-corrected chi connectivity index (χ3v) is 5.67. The fourth-order valence-electron chi connectivity index (χ4n) is 3.19. The first-order valence-corrected chi connectivity index (χ1v) is 10.2. The second kappa shape index (κ2) is 8.30. The van der Waals surface area contributed by atoms with E-state index in [1.165, 1.54) is 38.0 Å². The van der Waals surface area contributed by atoms with E-state index >= 15 is 0 Å². The van der Waals surface area contributed by atoms with Gasteiger partial charge in [-0.25, -0.2) is 9.98 Å². The molecule has 0 bridgehead atoms. The maximum absolute atomic E-state index is 4.71. The zero-order valence-corrected chi connectivity index (χ0v) is 16.0. The van der Waals surface area contributed by atoms with Crippen LogP contribution in [0.1, 0.15) is 56.7 Å². The lowest BCUT2D eigenvalue weighted by atomic mass is 10.1. The molecule has 0 spiro atoms. The lowest BCUT2D eigenvalue weighted by molar-refractivity contribution is 0.314. The number of thiazole rings is 1.